The van der Waals surface area contributed by atoms with Gasteiger partial charge in [-0.3, -0.25) is 0 Å². The van der Waals surface area contributed by atoms with E-state index >= 15 is 0 Å². The van der Waals surface area contributed by atoms with E-state index in [4.69, 9.17) is 0 Å². The van der Waals surface area contributed by atoms with Crippen LogP contribution < -0.4 is 5.32 Å². The Hall–Kier alpha value is -1.32. The van der Waals surface area contributed by atoms with Gasteiger partial charge in [0.15, 0.2) is 0 Å². The topological polar surface area (TPSA) is 15.3 Å². The number of halogens is 1. The van der Waals surface area contributed by atoms with Crippen molar-refractivity contribution in [3.63, 3.8) is 0 Å². The molecule has 2 aromatic carbocycles. The predicted octanol–water partition coefficient (Wildman–Crippen LogP) is 4.12. The number of hydrogen-bond donors (Lipinski definition) is 1. The highest BCUT2D eigenvalue weighted by atomic mass is 79.9. The van der Waals surface area contributed by atoms with Gasteiger partial charge in [0.25, 0.3) is 0 Å². The van der Waals surface area contributed by atoms with Gasteiger partial charge in [-0.25, -0.2) is 0 Å². The molecule has 100 valence electrons. The molecule has 0 spiro atoms. The summed E-state index contributed by atoms with van der Waals surface area (Å²) in [6.45, 7) is 1.80. The summed E-state index contributed by atoms with van der Waals surface area (Å²) in [5, 5.41) is 3.46. The minimum atomic E-state index is 0.838. The quantitative estimate of drug-likeness (QED) is 0.892. The van der Waals surface area contributed by atoms with E-state index in [0.29, 0.717) is 0 Å². The number of nitrogens with zero attached hydrogens (tertiary/aromatic N) is 1. The van der Waals surface area contributed by atoms with E-state index < -0.39 is 0 Å². The van der Waals surface area contributed by atoms with Crippen LogP contribution >= 0.6 is 15.9 Å². The molecule has 0 fully saturated rings. The molecule has 2 nitrogen and oxygen atoms in total. The molecule has 0 aliphatic rings. The Morgan fingerprint density at radius 3 is 2.47 bits per heavy atom. The van der Waals surface area contributed by atoms with Gasteiger partial charge >= 0.3 is 0 Å². The molecular weight excluding hydrogens is 300 g/mol. The van der Waals surface area contributed by atoms with Gasteiger partial charge in [-0.05, 0) is 49.5 Å². The standard InChI is InChI=1S/C16H19BrN2/c1-19(2)12-14-6-4-8-16(10-14)18-11-13-5-3-7-15(17)9-13/h3-10,18H,11-12H2,1-2H3. The first kappa shape index (κ1) is 14.1. The molecule has 0 saturated carbocycles. The lowest BCUT2D eigenvalue weighted by Crippen LogP contribution is -2.10. The number of hydrogen-bond acceptors (Lipinski definition) is 2. The lowest BCUT2D eigenvalue weighted by molar-refractivity contribution is 0.402. The summed E-state index contributed by atoms with van der Waals surface area (Å²) in [6, 6.07) is 16.9. The molecule has 1 N–H and O–H groups in total. The molecule has 0 atom stereocenters. The summed E-state index contributed by atoms with van der Waals surface area (Å²) in [7, 11) is 4.17. The third-order valence-electron chi connectivity index (χ3n) is 2.81. The fraction of sp³-hybridized carbons (Fsp3) is 0.250. The normalized spacial score (nSPS) is 10.7. The lowest BCUT2D eigenvalue weighted by atomic mass is 10.2. The Morgan fingerprint density at radius 2 is 1.74 bits per heavy atom. The van der Waals surface area contributed by atoms with Crippen LogP contribution in [0.1, 0.15) is 11.1 Å². The molecular formula is C16H19BrN2. The average Bonchev–Trinajstić information content (AvgIpc) is 2.36. The van der Waals surface area contributed by atoms with E-state index in [2.05, 4.69) is 82.7 Å². The van der Waals surface area contributed by atoms with Crippen LogP contribution in [0.25, 0.3) is 0 Å². The third-order valence-corrected chi connectivity index (χ3v) is 3.30. The Labute approximate surface area is 123 Å². The van der Waals surface area contributed by atoms with Gasteiger partial charge in [0.2, 0.25) is 0 Å². The third kappa shape index (κ3) is 4.69. The van der Waals surface area contributed by atoms with Crippen molar-refractivity contribution in [2.75, 3.05) is 19.4 Å². The SMILES string of the molecule is CN(C)Cc1cccc(NCc2cccc(Br)c2)c1. The largest absolute Gasteiger partial charge is 0.381 e. The first-order valence-corrected chi connectivity index (χ1v) is 7.15. The van der Waals surface area contributed by atoms with Crippen molar-refractivity contribution in [3.8, 4) is 0 Å². The van der Waals surface area contributed by atoms with Crippen LogP contribution in [-0.2, 0) is 13.1 Å². The highest BCUT2D eigenvalue weighted by Gasteiger charge is 1.98. The van der Waals surface area contributed by atoms with Gasteiger partial charge in [0.1, 0.15) is 0 Å². The highest BCUT2D eigenvalue weighted by Crippen LogP contribution is 2.15. The van der Waals surface area contributed by atoms with Crippen LogP contribution in [0.3, 0.4) is 0 Å². The van der Waals surface area contributed by atoms with Crippen LogP contribution in [0.2, 0.25) is 0 Å². The molecule has 0 radical (unpaired) electrons. The molecule has 3 heteroatoms. The zero-order valence-corrected chi connectivity index (χ0v) is 12.9. The van der Waals surface area contributed by atoms with Gasteiger partial charge in [-0.1, -0.05) is 40.2 Å². The van der Waals surface area contributed by atoms with Crippen LogP contribution in [0, 0.1) is 0 Å². The second-order valence-electron chi connectivity index (χ2n) is 4.92. The monoisotopic (exact) mass is 318 g/mol. The molecule has 0 amide bonds. The minimum Gasteiger partial charge on any atom is -0.381 e. The van der Waals surface area contributed by atoms with Gasteiger partial charge in [-0.15, -0.1) is 0 Å². The first-order valence-electron chi connectivity index (χ1n) is 6.35. The summed E-state index contributed by atoms with van der Waals surface area (Å²) >= 11 is 3.49. The van der Waals surface area contributed by atoms with Gasteiger partial charge in [0.05, 0.1) is 0 Å². The number of anilines is 1. The molecule has 0 bridgehead atoms. The van der Waals surface area contributed by atoms with Crippen molar-refractivity contribution in [2.45, 2.75) is 13.1 Å². The maximum atomic E-state index is 3.49. The van der Waals surface area contributed by atoms with Crippen molar-refractivity contribution in [3.05, 3.63) is 64.1 Å². The second kappa shape index (κ2) is 6.73. The first-order chi connectivity index (χ1) is 9.13. The summed E-state index contributed by atoms with van der Waals surface area (Å²) in [4.78, 5) is 2.17. The minimum absolute atomic E-state index is 0.838. The van der Waals surface area contributed by atoms with E-state index in [1.54, 1.807) is 0 Å². The fourth-order valence-electron chi connectivity index (χ4n) is 2.00. The Bertz CT molecular complexity index is 538. The van der Waals surface area contributed by atoms with Crippen LogP contribution in [0.15, 0.2) is 53.0 Å². The fourth-order valence-corrected chi connectivity index (χ4v) is 2.44. The number of benzene rings is 2. The molecule has 2 aromatic rings. The maximum absolute atomic E-state index is 3.49. The zero-order valence-electron chi connectivity index (χ0n) is 11.4. The Kier molecular flexibility index (Phi) is 5.00. The highest BCUT2D eigenvalue weighted by molar-refractivity contribution is 9.10. The number of rotatable bonds is 5. The predicted molar refractivity (Wildman–Crippen MR) is 85.3 cm³/mol. The van der Waals surface area contributed by atoms with E-state index in [-0.39, 0.29) is 0 Å². The molecule has 0 unspecified atom stereocenters. The molecule has 0 aliphatic carbocycles. The lowest BCUT2D eigenvalue weighted by Gasteiger charge is -2.12. The summed E-state index contributed by atoms with van der Waals surface area (Å²) in [6.07, 6.45) is 0. The van der Waals surface area contributed by atoms with Gasteiger partial charge in [0, 0.05) is 23.2 Å². The Balaban J connectivity index is 1.99. The van der Waals surface area contributed by atoms with Crippen LogP contribution in [0.5, 0.6) is 0 Å². The van der Waals surface area contributed by atoms with Gasteiger partial charge < -0.3 is 10.2 Å². The van der Waals surface area contributed by atoms with Crippen molar-refractivity contribution in [1.29, 1.82) is 0 Å². The van der Waals surface area contributed by atoms with E-state index in [9.17, 15) is 0 Å². The molecule has 0 saturated heterocycles. The summed E-state index contributed by atoms with van der Waals surface area (Å²) in [5.41, 5.74) is 3.76. The molecule has 0 aromatic heterocycles. The Morgan fingerprint density at radius 1 is 1.00 bits per heavy atom. The van der Waals surface area contributed by atoms with E-state index in [1.807, 2.05) is 6.07 Å². The summed E-state index contributed by atoms with van der Waals surface area (Å²) < 4.78 is 1.12. The van der Waals surface area contributed by atoms with Crippen molar-refractivity contribution >= 4 is 21.6 Å². The molecule has 2 rings (SSSR count). The van der Waals surface area contributed by atoms with Crippen molar-refractivity contribution in [1.82, 2.24) is 4.90 Å². The summed E-state index contributed by atoms with van der Waals surface area (Å²) in [5.74, 6) is 0. The average molecular weight is 319 g/mol. The zero-order chi connectivity index (χ0) is 13.7. The van der Waals surface area contributed by atoms with Crippen LogP contribution in [-0.4, -0.2) is 19.0 Å². The van der Waals surface area contributed by atoms with Gasteiger partial charge in [-0.2, -0.15) is 0 Å². The number of nitrogens with one attached hydrogen (secondary N) is 1. The smallest absolute Gasteiger partial charge is 0.0401 e. The maximum Gasteiger partial charge on any atom is 0.0401 e. The molecule has 19 heavy (non-hydrogen) atoms. The molecule has 0 aliphatic heterocycles. The van der Waals surface area contributed by atoms with Crippen molar-refractivity contribution < 1.29 is 0 Å². The van der Waals surface area contributed by atoms with E-state index in [1.165, 1.54) is 16.8 Å². The van der Waals surface area contributed by atoms with Crippen LogP contribution in [0.4, 0.5) is 5.69 Å². The molecule has 0 heterocycles. The second-order valence-corrected chi connectivity index (χ2v) is 5.84. The van der Waals surface area contributed by atoms with E-state index in [0.717, 1.165) is 17.6 Å². The van der Waals surface area contributed by atoms with Crippen molar-refractivity contribution in [2.24, 2.45) is 0 Å².